The van der Waals surface area contributed by atoms with E-state index in [1.807, 2.05) is 47.9 Å². The number of thioether (sulfide) groups is 1. The molecule has 19 heteroatoms. The maximum absolute atomic E-state index is 14.1. The van der Waals surface area contributed by atoms with Crippen LogP contribution < -0.4 is 27.6 Å². The second-order valence-electron chi connectivity index (χ2n) is 17.3. The van der Waals surface area contributed by atoms with E-state index >= 15 is 0 Å². The predicted octanol–water partition coefficient (Wildman–Crippen LogP) is 4.07. The van der Waals surface area contributed by atoms with Gasteiger partial charge in [-0.15, -0.1) is 0 Å². The van der Waals surface area contributed by atoms with Gasteiger partial charge in [-0.2, -0.15) is 11.8 Å². The van der Waals surface area contributed by atoms with Crippen molar-refractivity contribution >= 4 is 40.8 Å². The van der Waals surface area contributed by atoms with Crippen LogP contribution in [0.2, 0.25) is 0 Å². The summed E-state index contributed by atoms with van der Waals surface area (Å²) in [6.45, 7) is 8.03. The molecule has 2 unspecified atom stereocenters. The second-order valence-corrected chi connectivity index (χ2v) is 18.5. The van der Waals surface area contributed by atoms with Crippen LogP contribution in [0.25, 0.3) is 11.0 Å². The maximum atomic E-state index is 14.1. The topological polar surface area (TPSA) is 223 Å². The van der Waals surface area contributed by atoms with Crippen molar-refractivity contribution in [1.29, 1.82) is 0 Å². The van der Waals surface area contributed by atoms with Crippen molar-refractivity contribution in [3.05, 3.63) is 74.3 Å². The molecule has 4 aliphatic rings. The van der Waals surface area contributed by atoms with Gasteiger partial charge in [-0.1, -0.05) is 0 Å². The zero-order valence-corrected chi connectivity index (χ0v) is 35.2. The van der Waals surface area contributed by atoms with Gasteiger partial charge in [0.1, 0.15) is 34.4 Å². The molecular formula is C41H55FN10O7S. The van der Waals surface area contributed by atoms with Crippen LogP contribution >= 0.6 is 11.8 Å². The van der Waals surface area contributed by atoms with E-state index in [2.05, 4.69) is 25.6 Å². The first kappa shape index (κ1) is 43.1. The molecule has 0 radical (unpaired) electrons. The van der Waals surface area contributed by atoms with Crippen molar-refractivity contribution in [2.75, 3.05) is 24.6 Å². The fourth-order valence-electron chi connectivity index (χ4n) is 8.68. The Labute approximate surface area is 350 Å². The number of nitrogens with zero attached hydrogens (tertiary/aromatic N) is 7. The molecule has 0 aromatic carbocycles. The Bertz CT molecular complexity index is 2340. The Morgan fingerprint density at radius 2 is 1.52 bits per heavy atom. The summed E-state index contributed by atoms with van der Waals surface area (Å²) in [5.74, 6) is 2.41. The molecule has 324 valence electrons. The number of nitrogens with one attached hydrogen (secondary N) is 2. The van der Waals surface area contributed by atoms with E-state index in [1.165, 1.54) is 10.6 Å². The summed E-state index contributed by atoms with van der Waals surface area (Å²) in [5, 5.41) is 14.9. The first-order chi connectivity index (χ1) is 28.7. The van der Waals surface area contributed by atoms with Crippen LogP contribution in [0.3, 0.4) is 0 Å². The van der Waals surface area contributed by atoms with Gasteiger partial charge in [-0.05, 0) is 108 Å². The van der Waals surface area contributed by atoms with Crippen LogP contribution in [0.4, 0.5) is 9.18 Å². The van der Waals surface area contributed by atoms with Crippen molar-refractivity contribution in [1.82, 2.24) is 43.9 Å². The van der Waals surface area contributed by atoms with E-state index in [4.69, 9.17) is 15.6 Å². The van der Waals surface area contributed by atoms with Crippen LogP contribution in [0.5, 0.6) is 0 Å². The predicted molar refractivity (Wildman–Crippen MR) is 223 cm³/mol. The van der Waals surface area contributed by atoms with E-state index in [9.17, 15) is 28.4 Å². The zero-order chi connectivity index (χ0) is 42.7. The smallest absolute Gasteiger partial charge is 0.407 e. The molecule has 2 amide bonds. The third kappa shape index (κ3) is 9.94. The number of hydrogen-bond acceptors (Lipinski definition) is 11. The van der Waals surface area contributed by atoms with E-state index in [0.717, 1.165) is 68.0 Å². The molecule has 1 saturated carbocycles. The maximum Gasteiger partial charge on any atom is 0.407 e. The summed E-state index contributed by atoms with van der Waals surface area (Å²) in [6.07, 6.45) is 11.4. The summed E-state index contributed by atoms with van der Waals surface area (Å²) in [7, 11) is 0. The van der Waals surface area contributed by atoms with Crippen molar-refractivity contribution in [3.8, 4) is 0 Å². The van der Waals surface area contributed by atoms with Gasteiger partial charge in [0.25, 0.3) is 11.5 Å². The molecular weight excluding hydrogens is 796 g/mol. The number of ether oxygens (including phenoxy) is 1. The van der Waals surface area contributed by atoms with E-state index in [-0.39, 0.29) is 52.4 Å². The second kappa shape index (κ2) is 18.3. The van der Waals surface area contributed by atoms with Gasteiger partial charge in [-0.3, -0.25) is 18.7 Å². The zero-order valence-electron chi connectivity index (χ0n) is 34.4. The van der Waals surface area contributed by atoms with Gasteiger partial charge in [0, 0.05) is 63.0 Å². The van der Waals surface area contributed by atoms with Gasteiger partial charge in [0.15, 0.2) is 5.69 Å². The summed E-state index contributed by atoms with van der Waals surface area (Å²) >= 11 is 1.84. The number of aromatic nitrogens is 7. The van der Waals surface area contributed by atoms with Gasteiger partial charge in [0.05, 0.1) is 11.6 Å². The lowest BCUT2D eigenvalue weighted by atomic mass is 9.90. The number of alkyl carbamates (subject to hydrolysis) is 1. The number of imidazole rings is 2. The molecule has 60 heavy (non-hydrogen) atoms. The molecule has 5 N–H and O–H groups in total. The number of halogens is 1. The molecule has 3 aliphatic heterocycles. The first-order valence-electron chi connectivity index (χ1n) is 20.9. The number of carboxylic acids is 1. The van der Waals surface area contributed by atoms with Crippen LogP contribution in [0, 0.1) is 17.7 Å². The van der Waals surface area contributed by atoms with Crippen LogP contribution in [0.15, 0.2) is 34.2 Å². The Morgan fingerprint density at radius 3 is 2.17 bits per heavy atom. The van der Waals surface area contributed by atoms with Gasteiger partial charge in [0.2, 0.25) is 0 Å². The van der Waals surface area contributed by atoms with Crippen molar-refractivity contribution in [2.24, 2.45) is 17.6 Å². The van der Waals surface area contributed by atoms with Gasteiger partial charge in [-0.25, -0.2) is 33.7 Å². The monoisotopic (exact) mass is 850 g/mol. The summed E-state index contributed by atoms with van der Waals surface area (Å²) in [5.41, 5.74) is 5.22. The van der Waals surface area contributed by atoms with E-state index in [0.29, 0.717) is 63.4 Å². The molecule has 2 atom stereocenters. The Balaban J connectivity index is 0.000000219. The third-order valence-corrected chi connectivity index (χ3v) is 12.8. The average molecular weight is 851 g/mol. The number of rotatable bonds is 8. The molecule has 1 saturated heterocycles. The standard InChI is InChI=1S/C27H34FN7O3S.C14H21N3O4/c28-17-11-21-24(30-13-17)34(20-7-9-39-10-8-20)27(38)35(26(21)37)19-4-2-18(3-5-19)31-25(36)22-15-33-14-16(12-29)1-6-23(33)32-22;1-14(2,3)21-13(20)15-6-9-4-5-11-16-10(12(18)19)8-17(11)7-9/h11,13,15-16,18-20H,1-10,12,14,29H2,(H,31,36);8-9H,4-7H2,1-3H3,(H,15,20)(H,18,19). The number of carbonyl (C=O) groups is 3. The van der Waals surface area contributed by atoms with Crippen LogP contribution in [0.1, 0.15) is 117 Å². The number of aryl methyl sites for hydroxylation is 2. The summed E-state index contributed by atoms with van der Waals surface area (Å²) in [4.78, 5) is 75.5. The molecule has 0 spiro atoms. The normalized spacial score (nSPS) is 21.9. The minimum absolute atomic E-state index is 0.0671. The molecule has 7 heterocycles. The largest absolute Gasteiger partial charge is 0.476 e. The van der Waals surface area contributed by atoms with Gasteiger partial charge >= 0.3 is 17.8 Å². The first-order valence-corrected chi connectivity index (χ1v) is 22.1. The fraction of sp³-hybridized carbons (Fsp3) is 0.610. The third-order valence-electron chi connectivity index (χ3n) is 11.8. The molecule has 0 bridgehead atoms. The number of pyridine rings is 1. The lowest BCUT2D eigenvalue weighted by Crippen LogP contribution is -2.46. The fourth-order valence-corrected chi connectivity index (χ4v) is 9.76. The van der Waals surface area contributed by atoms with E-state index in [1.54, 1.807) is 10.8 Å². The van der Waals surface area contributed by atoms with Crippen molar-refractivity contribution in [2.45, 2.75) is 122 Å². The lowest BCUT2D eigenvalue weighted by molar-refractivity contribution is 0.0514. The minimum Gasteiger partial charge on any atom is -0.476 e. The molecule has 2 fully saturated rings. The van der Waals surface area contributed by atoms with Gasteiger partial charge < -0.3 is 35.3 Å². The lowest BCUT2D eigenvalue weighted by Gasteiger charge is -2.31. The number of nitrogens with two attached hydrogens (primary N) is 1. The van der Waals surface area contributed by atoms with Crippen molar-refractivity contribution in [3.63, 3.8) is 0 Å². The highest BCUT2D eigenvalue weighted by atomic mass is 32.2. The number of aromatic carboxylic acids is 1. The highest BCUT2D eigenvalue weighted by molar-refractivity contribution is 7.99. The highest BCUT2D eigenvalue weighted by Crippen LogP contribution is 2.31. The van der Waals surface area contributed by atoms with E-state index < -0.39 is 29.0 Å². The summed E-state index contributed by atoms with van der Waals surface area (Å²) < 4.78 is 26.2. The molecule has 4 aromatic rings. The van der Waals surface area contributed by atoms with Crippen LogP contribution in [-0.4, -0.2) is 92.5 Å². The quantitative estimate of drug-likeness (QED) is 0.197. The Kier molecular flexibility index (Phi) is 13.1. The number of amides is 2. The molecule has 17 nitrogen and oxygen atoms in total. The molecule has 4 aromatic heterocycles. The Morgan fingerprint density at radius 1 is 0.900 bits per heavy atom. The SMILES string of the molecule is CC(C)(C)OC(=O)NCC1CCc2nc(C(=O)O)cn2C1.NCC1CCc2nc(C(=O)NC3CCC(n4c(=O)c5cc(F)cnc5n(C5CCSCC5)c4=O)CC3)cn2C1. The average Bonchev–Trinajstić information content (AvgIpc) is 3.86. The Hall–Kier alpha value is -5.04. The van der Waals surface area contributed by atoms with Crippen molar-refractivity contribution < 1.29 is 28.6 Å². The highest BCUT2D eigenvalue weighted by Gasteiger charge is 2.31. The number of fused-ring (bicyclic) bond motifs is 3. The number of hydrogen-bond donors (Lipinski definition) is 4. The molecule has 1 aliphatic carbocycles. The molecule has 8 rings (SSSR count). The summed E-state index contributed by atoms with van der Waals surface area (Å²) in [6, 6.07) is 0.739. The number of carbonyl (C=O) groups excluding carboxylic acids is 2. The minimum atomic E-state index is -1.01. The van der Waals surface area contributed by atoms with Crippen LogP contribution in [-0.2, 0) is 30.7 Å². The number of carboxylic acid groups (broad SMARTS) is 1.